The molecule has 2 saturated heterocycles. The molecule has 0 aromatic heterocycles. The molecule has 1 unspecified atom stereocenters. The molecule has 78 valence electrons. The van der Waals surface area contributed by atoms with Crippen LogP contribution in [0.25, 0.3) is 0 Å². The van der Waals surface area contributed by atoms with E-state index in [9.17, 15) is 5.26 Å². The summed E-state index contributed by atoms with van der Waals surface area (Å²) in [5, 5.41) is 9.33. The van der Waals surface area contributed by atoms with Crippen LogP contribution in [-0.4, -0.2) is 26.4 Å². The van der Waals surface area contributed by atoms with Crippen molar-refractivity contribution >= 4 is 0 Å². The lowest BCUT2D eigenvalue weighted by atomic mass is 9.69. The Kier molecular flexibility index (Phi) is 3.05. The molecule has 3 heteroatoms. The van der Waals surface area contributed by atoms with E-state index in [2.05, 4.69) is 6.07 Å². The molecule has 0 bridgehead atoms. The first-order chi connectivity index (χ1) is 6.87. The van der Waals surface area contributed by atoms with Gasteiger partial charge in [0.25, 0.3) is 0 Å². The second-order valence-electron chi connectivity index (χ2n) is 4.29. The van der Waals surface area contributed by atoms with E-state index < -0.39 is 0 Å². The Labute approximate surface area is 85.0 Å². The van der Waals surface area contributed by atoms with Crippen molar-refractivity contribution in [2.75, 3.05) is 26.4 Å². The lowest BCUT2D eigenvalue weighted by Crippen LogP contribution is -2.39. The molecule has 2 rings (SSSR count). The summed E-state index contributed by atoms with van der Waals surface area (Å²) >= 11 is 0. The molecule has 0 amide bonds. The second-order valence-corrected chi connectivity index (χ2v) is 4.29. The van der Waals surface area contributed by atoms with Crippen molar-refractivity contribution in [2.45, 2.75) is 25.7 Å². The van der Waals surface area contributed by atoms with Crippen molar-refractivity contribution in [1.29, 1.82) is 5.26 Å². The third-order valence-electron chi connectivity index (χ3n) is 3.55. The standard InChI is InChI=1S/C11H17NO2/c12-9-11(3-6-13-7-4-11)10-2-1-5-14-8-10/h10H,1-8H2. The highest BCUT2D eigenvalue weighted by Gasteiger charge is 2.41. The number of hydrogen-bond donors (Lipinski definition) is 0. The van der Waals surface area contributed by atoms with E-state index in [0.29, 0.717) is 5.92 Å². The van der Waals surface area contributed by atoms with Crippen LogP contribution in [0, 0.1) is 22.7 Å². The molecule has 2 aliphatic rings. The summed E-state index contributed by atoms with van der Waals surface area (Å²) in [6.07, 6.45) is 4.03. The summed E-state index contributed by atoms with van der Waals surface area (Å²) in [5.41, 5.74) is -0.154. The largest absolute Gasteiger partial charge is 0.381 e. The minimum absolute atomic E-state index is 0.154. The summed E-state index contributed by atoms with van der Waals surface area (Å²) in [4.78, 5) is 0. The summed E-state index contributed by atoms with van der Waals surface area (Å²) in [5.74, 6) is 0.435. The number of nitriles is 1. The van der Waals surface area contributed by atoms with E-state index >= 15 is 0 Å². The molecule has 0 saturated carbocycles. The molecular weight excluding hydrogens is 178 g/mol. The fraction of sp³-hybridized carbons (Fsp3) is 0.909. The zero-order valence-corrected chi connectivity index (χ0v) is 8.50. The zero-order chi connectivity index (χ0) is 9.86. The van der Waals surface area contributed by atoms with Crippen molar-refractivity contribution in [1.82, 2.24) is 0 Å². The molecule has 3 nitrogen and oxygen atoms in total. The maximum Gasteiger partial charge on any atom is 0.0695 e. The third-order valence-corrected chi connectivity index (χ3v) is 3.55. The van der Waals surface area contributed by atoms with Crippen LogP contribution in [0.15, 0.2) is 0 Å². The van der Waals surface area contributed by atoms with Crippen LogP contribution < -0.4 is 0 Å². The van der Waals surface area contributed by atoms with Crippen LogP contribution >= 0.6 is 0 Å². The Hall–Kier alpha value is -0.590. The van der Waals surface area contributed by atoms with Crippen LogP contribution in [0.3, 0.4) is 0 Å². The van der Waals surface area contributed by atoms with Crippen LogP contribution in [0.2, 0.25) is 0 Å². The van der Waals surface area contributed by atoms with Gasteiger partial charge in [-0.25, -0.2) is 0 Å². The average molecular weight is 195 g/mol. The summed E-state index contributed by atoms with van der Waals surface area (Å²) < 4.78 is 10.8. The molecule has 0 radical (unpaired) electrons. The van der Waals surface area contributed by atoms with Crippen molar-refractivity contribution < 1.29 is 9.47 Å². The van der Waals surface area contributed by atoms with Gasteiger partial charge in [-0.3, -0.25) is 0 Å². The fourth-order valence-corrected chi connectivity index (χ4v) is 2.52. The number of hydrogen-bond acceptors (Lipinski definition) is 3. The molecule has 2 fully saturated rings. The van der Waals surface area contributed by atoms with E-state index in [0.717, 1.165) is 52.1 Å². The molecule has 0 N–H and O–H groups in total. The minimum Gasteiger partial charge on any atom is -0.381 e. The molecule has 1 atom stereocenters. The first-order valence-corrected chi connectivity index (χ1v) is 5.44. The molecule has 2 aliphatic heterocycles. The number of rotatable bonds is 1. The van der Waals surface area contributed by atoms with Crippen molar-refractivity contribution in [3.8, 4) is 6.07 Å². The van der Waals surface area contributed by atoms with Crippen LogP contribution in [0.5, 0.6) is 0 Å². The maximum absolute atomic E-state index is 9.33. The van der Waals surface area contributed by atoms with Gasteiger partial charge in [0.05, 0.1) is 18.1 Å². The van der Waals surface area contributed by atoms with Gasteiger partial charge in [0.2, 0.25) is 0 Å². The van der Waals surface area contributed by atoms with Gasteiger partial charge in [0.15, 0.2) is 0 Å². The summed E-state index contributed by atoms with van der Waals surface area (Å²) in [6, 6.07) is 2.53. The number of nitrogens with zero attached hydrogens (tertiary/aromatic N) is 1. The molecule has 0 aliphatic carbocycles. The van der Waals surface area contributed by atoms with Gasteiger partial charge in [0, 0.05) is 25.7 Å². The zero-order valence-electron chi connectivity index (χ0n) is 8.50. The summed E-state index contributed by atoms with van der Waals surface area (Å²) in [7, 11) is 0. The maximum atomic E-state index is 9.33. The van der Waals surface area contributed by atoms with Gasteiger partial charge in [-0.2, -0.15) is 5.26 Å². The Balaban J connectivity index is 2.06. The molecule has 0 aromatic rings. The molecule has 2 heterocycles. The fourth-order valence-electron chi connectivity index (χ4n) is 2.52. The highest BCUT2D eigenvalue weighted by Crippen LogP contribution is 2.41. The van der Waals surface area contributed by atoms with Crippen molar-refractivity contribution in [2.24, 2.45) is 11.3 Å². The van der Waals surface area contributed by atoms with Crippen LogP contribution in [-0.2, 0) is 9.47 Å². The minimum atomic E-state index is -0.154. The molecular formula is C11H17NO2. The van der Waals surface area contributed by atoms with E-state index in [-0.39, 0.29) is 5.41 Å². The van der Waals surface area contributed by atoms with Gasteiger partial charge in [-0.05, 0) is 25.7 Å². The predicted molar refractivity (Wildman–Crippen MR) is 51.6 cm³/mol. The van der Waals surface area contributed by atoms with Gasteiger partial charge in [-0.1, -0.05) is 0 Å². The van der Waals surface area contributed by atoms with Gasteiger partial charge in [-0.15, -0.1) is 0 Å². The van der Waals surface area contributed by atoms with Crippen molar-refractivity contribution in [3.63, 3.8) is 0 Å². The third kappa shape index (κ3) is 1.77. The lowest BCUT2D eigenvalue weighted by Gasteiger charge is -2.39. The normalized spacial score (nSPS) is 32.1. The summed E-state index contributed by atoms with van der Waals surface area (Å²) in [6.45, 7) is 3.12. The predicted octanol–water partition coefficient (Wildman–Crippen LogP) is 1.73. The highest BCUT2D eigenvalue weighted by atomic mass is 16.5. The van der Waals surface area contributed by atoms with Crippen molar-refractivity contribution in [3.05, 3.63) is 0 Å². The quantitative estimate of drug-likeness (QED) is 0.640. The monoisotopic (exact) mass is 195 g/mol. The Morgan fingerprint density at radius 1 is 1.14 bits per heavy atom. The van der Waals surface area contributed by atoms with E-state index in [1.807, 2.05) is 0 Å². The van der Waals surface area contributed by atoms with Gasteiger partial charge >= 0.3 is 0 Å². The van der Waals surface area contributed by atoms with Gasteiger partial charge < -0.3 is 9.47 Å². The van der Waals surface area contributed by atoms with Gasteiger partial charge in [0.1, 0.15) is 0 Å². The highest BCUT2D eigenvalue weighted by molar-refractivity contribution is 5.04. The second kappa shape index (κ2) is 4.29. The van der Waals surface area contributed by atoms with E-state index in [1.54, 1.807) is 0 Å². The Morgan fingerprint density at radius 2 is 1.93 bits per heavy atom. The molecule has 0 aromatic carbocycles. The average Bonchev–Trinajstić information content (AvgIpc) is 2.31. The van der Waals surface area contributed by atoms with Crippen LogP contribution in [0.4, 0.5) is 0 Å². The smallest absolute Gasteiger partial charge is 0.0695 e. The molecule has 0 spiro atoms. The van der Waals surface area contributed by atoms with E-state index in [4.69, 9.17) is 9.47 Å². The first kappa shape index (κ1) is 9.95. The first-order valence-electron chi connectivity index (χ1n) is 5.44. The number of ether oxygens (including phenoxy) is 2. The SMILES string of the molecule is N#CC1(C2CCCOC2)CCOCC1. The Morgan fingerprint density at radius 3 is 2.50 bits per heavy atom. The lowest BCUT2D eigenvalue weighted by molar-refractivity contribution is -0.0404. The van der Waals surface area contributed by atoms with E-state index in [1.165, 1.54) is 0 Å². The Bertz CT molecular complexity index is 222. The van der Waals surface area contributed by atoms with Crippen LogP contribution in [0.1, 0.15) is 25.7 Å². The molecule has 14 heavy (non-hydrogen) atoms. The topological polar surface area (TPSA) is 42.2 Å².